The first-order chi connectivity index (χ1) is 15.6. The van der Waals surface area contributed by atoms with Gasteiger partial charge in [0.25, 0.3) is 5.91 Å². The fourth-order valence-electron chi connectivity index (χ4n) is 4.57. The van der Waals surface area contributed by atoms with E-state index >= 15 is 0 Å². The van der Waals surface area contributed by atoms with Gasteiger partial charge in [0, 0.05) is 37.1 Å². The predicted molar refractivity (Wildman–Crippen MR) is 125 cm³/mol. The molecule has 2 fully saturated rings. The molecule has 2 amide bonds. The highest BCUT2D eigenvalue weighted by Crippen LogP contribution is 2.41. The number of piperazine rings is 1. The third-order valence-electron chi connectivity index (χ3n) is 6.63. The number of aromatic amines is 1. The summed E-state index contributed by atoms with van der Waals surface area (Å²) in [5.74, 6) is 0.642. The van der Waals surface area contributed by atoms with E-state index in [1.165, 1.54) is 24.0 Å². The minimum atomic E-state index is 0.0264. The average molecular weight is 431 g/mol. The summed E-state index contributed by atoms with van der Waals surface area (Å²) in [4.78, 5) is 32.9. The third kappa shape index (κ3) is 4.55. The number of carbonyl (C=O) groups excluding carboxylic acids is 2. The Morgan fingerprint density at radius 1 is 1.03 bits per heavy atom. The second-order valence-corrected chi connectivity index (χ2v) is 9.13. The van der Waals surface area contributed by atoms with Crippen LogP contribution in [0.3, 0.4) is 0 Å². The molecule has 1 atom stereocenters. The van der Waals surface area contributed by atoms with E-state index in [2.05, 4.69) is 46.4 Å². The molecule has 6 heteroatoms. The lowest BCUT2D eigenvalue weighted by atomic mass is 10.0. The van der Waals surface area contributed by atoms with Crippen LogP contribution in [-0.2, 0) is 4.79 Å². The summed E-state index contributed by atoms with van der Waals surface area (Å²) in [7, 11) is 0. The molecule has 2 heterocycles. The van der Waals surface area contributed by atoms with Gasteiger partial charge in [-0.05, 0) is 43.4 Å². The Kier molecular flexibility index (Phi) is 5.70. The molecule has 1 aliphatic heterocycles. The first-order valence-electron chi connectivity index (χ1n) is 11.5. The number of amides is 2. The standard InChI is InChI=1S/C26H30N4O2/c1-18-6-8-19(9-7-18)25(20-10-11-20)28-24(31)17-29-12-14-30(15-13-29)26(32)23-16-21-4-2-3-5-22(21)27-23/h2-9,16,20,25,27H,10-15,17H2,1H3,(H,28,31). The van der Waals surface area contributed by atoms with Crippen LogP contribution in [0.25, 0.3) is 10.9 Å². The van der Waals surface area contributed by atoms with E-state index in [-0.39, 0.29) is 17.9 Å². The minimum absolute atomic E-state index is 0.0264. The van der Waals surface area contributed by atoms with Crippen molar-refractivity contribution in [2.45, 2.75) is 25.8 Å². The van der Waals surface area contributed by atoms with Crippen LogP contribution in [0.5, 0.6) is 0 Å². The molecule has 3 aromatic rings. The number of fused-ring (bicyclic) bond motifs is 1. The molecule has 1 aromatic heterocycles. The highest BCUT2D eigenvalue weighted by molar-refractivity contribution is 5.98. The lowest BCUT2D eigenvalue weighted by Gasteiger charge is -2.34. The van der Waals surface area contributed by atoms with Crippen LogP contribution >= 0.6 is 0 Å². The van der Waals surface area contributed by atoms with Gasteiger partial charge in [-0.1, -0.05) is 48.0 Å². The monoisotopic (exact) mass is 430 g/mol. The summed E-state index contributed by atoms with van der Waals surface area (Å²) < 4.78 is 0. The lowest BCUT2D eigenvalue weighted by Crippen LogP contribution is -2.51. The molecular formula is C26H30N4O2. The number of nitrogens with zero attached hydrogens (tertiary/aromatic N) is 2. The quantitative estimate of drug-likeness (QED) is 0.629. The summed E-state index contributed by atoms with van der Waals surface area (Å²) in [6.45, 7) is 5.13. The maximum atomic E-state index is 12.9. The van der Waals surface area contributed by atoms with Crippen molar-refractivity contribution in [3.63, 3.8) is 0 Å². The van der Waals surface area contributed by atoms with Gasteiger partial charge in [-0.2, -0.15) is 0 Å². The van der Waals surface area contributed by atoms with Gasteiger partial charge in [-0.3, -0.25) is 14.5 Å². The Labute approximate surface area is 188 Å². The van der Waals surface area contributed by atoms with E-state index in [1.54, 1.807) is 0 Å². The molecule has 2 N–H and O–H groups in total. The SMILES string of the molecule is Cc1ccc(C(NC(=O)CN2CCN(C(=O)c3cc4ccccc4[nH]3)CC2)C2CC2)cc1. The number of aryl methyl sites for hydroxylation is 1. The van der Waals surface area contributed by atoms with Crippen molar-refractivity contribution < 1.29 is 9.59 Å². The van der Waals surface area contributed by atoms with Crippen molar-refractivity contribution in [3.8, 4) is 0 Å². The zero-order valence-electron chi connectivity index (χ0n) is 18.5. The summed E-state index contributed by atoms with van der Waals surface area (Å²) in [5.41, 5.74) is 4.03. The smallest absolute Gasteiger partial charge is 0.270 e. The third-order valence-corrected chi connectivity index (χ3v) is 6.63. The number of H-pyrrole nitrogens is 1. The molecule has 2 aliphatic rings. The summed E-state index contributed by atoms with van der Waals surface area (Å²) in [6, 6.07) is 18.4. The van der Waals surface area contributed by atoms with Crippen molar-refractivity contribution in [2.75, 3.05) is 32.7 Å². The fraction of sp³-hybridized carbons (Fsp3) is 0.385. The second-order valence-electron chi connectivity index (χ2n) is 9.13. The molecule has 1 saturated heterocycles. The summed E-state index contributed by atoms with van der Waals surface area (Å²) in [6.07, 6.45) is 2.35. The molecule has 1 unspecified atom stereocenters. The van der Waals surface area contributed by atoms with Gasteiger partial charge < -0.3 is 15.2 Å². The highest BCUT2D eigenvalue weighted by Gasteiger charge is 2.34. The van der Waals surface area contributed by atoms with Crippen LogP contribution < -0.4 is 5.32 Å². The first kappa shape index (κ1) is 20.8. The lowest BCUT2D eigenvalue weighted by molar-refractivity contribution is -0.123. The molecular weight excluding hydrogens is 400 g/mol. The number of hydrogen-bond donors (Lipinski definition) is 2. The van der Waals surface area contributed by atoms with Gasteiger partial charge in [0.05, 0.1) is 12.6 Å². The fourth-order valence-corrected chi connectivity index (χ4v) is 4.57. The Morgan fingerprint density at radius 3 is 2.44 bits per heavy atom. The topological polar surface area (TPSA) is 68.4 Å². The van der Waals surface area contributed by atoms with E-state index in [9.17, 15) is 9.59 Å². The van der Waals surface area contributed by atoms with E-state index in [0.717, 1.165) is 10.9 Å². The second kappa shape index (κ2) is 8.79. The predicted octanol–water partition coefficient (Wildman–Crippen LogP) is 3.50. The summed E-state index contributed by atoms with van der Waals surface area (Å²) >= 11 is 0. The molecule has 32 heavy (non-hydrogen) atoms. The Hall–Kier alpha value is -3.12. The van der Waals surface area contributed by atoms with Crippen molar-refractivity contribution in [1.29, 1.82) is 0 Å². The van der Waals surface area contributed by atoms with E-state index < -0.39 is 0 Å². The molecule has 2 aromatic carbocycles. The van der Waals surface area contributed by atoms with Crippen molar-refractivity contribution in [3.05, 3.63) is 71.4 Å². The van der Waals surface area contributed by atoms with E-state index in [1.807, 2.05) is 35.2 Å². The van der Waals surface area contributed by atoms with Gasteiger partial charge in [0.1, 0.15) is 5.69 Å². The Bertz CT molecular complexity index is 1080. The number of hydrogen-bond acceptors (Lipinski definition) is 3. The van der Waals surface area contributed by atoms with Crippen LogP contribution in [0, 0.1) is 12.8 Å². The van der Waals surface area contributed by atoms with E-state index in [4.69, 9.17) is 0 Å². The van der Waals surface area contributed by atoms with Crippen LogP contribution in [0.1, 0.15) is 40.5 Å². The number of para-hydroxylation sites is 1. The molecule has 0 bridgehead atoms. The first-order valence-corrected chi connectivity index (χ1v) is 11.5. The summed E-state index contributed by atoms with van der Waals surface area (Å²) in [5, 5.41) is 4.32. The maximum Gasteiger partial charge on any atom is 0.270 e. The van der Waals surface area contributed by atoms with Gasteiger partial charge >= 0.3 is 0 Å². The zero-order chi connectivity index (χ0) is 22.1. The molecule has 6 nitrogen and oxygen atoms in total. The van der Waals surface area contributed by atoms with Crippen molar-refractivity contribution in [1.82, 2.24) is 20.1 Å². The Balaban J connectivity index is 1.14. The van der Waals surface area contributed by atoms with Crippen LogP contribution in [-0.4, -0.2) is 59.3 Å². The molecule has 1 saturated carbocycles. The molecule has 0 spiro atoms. The average Bonchev–Trinajstić information content (AvgIpc) is 3.56. The van der Waals surface area contributed by atoms with Gasteiger partial charge in [-0.25, -0.2) is 0 Å². The van der Waals surface area contributed by atoms with Crippen molar-refractivity contribution >= 4 is 22.7 Å². The van der Waals surface area contributed by atoms with E-state index in [0.29, 0.717) is 44.3 Å². The number of carbonyl (C=O) groups is 2. The number of benzene rings is 2. The number of nitrogens with one attached hydrogen (secondary N) is 2. The molecule has 1 aliphatic carbocycles. The Morgan fingerprint density at radius 2 is 1.75 bits per heavy atom. The van der Waals surface area contributed by atoms with Gasteiger partial charge in [0.15, 0.2) is 0 Å². The number of rotatable bonds is 6. The molecule has 166 valence electrons. The van der Waals surface area contributed by atoms with Crippen LogP contribution in [0.2, 0.25) is 0 Å². The maximum absolute atomic E-state index is 12.9. The normalized spacial score (nSPS) is 18.0. The zero-order valence-corrected chi connectivity index (χ0v) is 18.5. The van der Waals surface area contributed by atoms with Gasteiger partial charge in [-0.15, -0.1) is 0 Å². The van der Waals surface area contributed by atoms with Crippen LogP contribution in [0.15, 0.2) is 54.6 Å². The minimum Gasteiger partial charge on any atom is -0.351 e. The van der Waals surface area contributed by atoms with Crippen LogP contribution in [0.4, 0.5) is 0 Å². The van der Waals surface area contributed by atoms with Gasteiger partial charge in [0.2, 0.25) is 5.91 Å². The highest BCUT2D eigenvalue weighted by atomic mass is 16.2. The molecule has 0 radical (unpaired) electrons. The molecule has 5 rings (SSSR count). The largest absolute Gasteiger partial charge is 0.351 e. The number of aromatic nitrogens is 1. The van der Waals surface area contributed by atoms with Crippen molar-refractivity contribution in [2.24, 2.45) is 5.92 Å².